The van der Waals surface area contributed by atoms with Gasteiger partial charge in [0.05, 0.1) is 21.9 Å². The Morgan fingerprint density at radius 2 is 1.93 bits per heavy atom. The maximum Gasteiger partial charge on any atom is 0.335 e. The summed E-state index contributed by atoms with van der Waals surface area (Å²) in [6.07, 6.45) is 1.43. The molecule has 2 aromatic rings. The van der Waals surface area contributed by atoms with Gasteiger partial charge in [0, 0.05) is 11.6 Å². The van der Waals surface area contributed by atoms with Crippen LogP contribution in [0, 0.1) is 10.1 Å². The normalized spacial score (nSPS) is 15.4. The first-order valence-corrected chi connectivity index (χ1v) is 8.49. The van der Waals surface area contributed by atoms with Crippen LogP contribution in [0.5, 0.6) is 0 Å². The van der Waals surface area contributed by atoms with E-state index in [2.05, 4.69) is 0 Å². The van der Waals surface area contributed by atoms with Gasteiger partial charge in [0.1, 0.15) is 0 Å². The predicted molar refractivity (Wildman–Crippen MR) is 98.0 cm³/mol. The second-order valence-corrected chi connectivity index (χ2v) is 6.58. The molecule has 0 unspecified atom stereocenters. The number of rotatable bonds is 5. The molecule has 0 atom stereocenters. The van der Waals surface area contributed by atoms with E-state index < -0.39 is 22.0 Å². The third kappa shape index (κ3) is 3.87. The third-order valence-electron chi connectivity index (χ3n) is 3.82. The highest BCUT2D eigenvalue weighted by Crippen LogP contribution is 2.34. The van der Waals surface area contributed by atoms with Crippen molar-refractivity contribution in [3.8, 4) is 0 Å². The summed E-state index contributed by atoms with van der Waals surface area (Å²) in [7, 11) is 0. The lowest BCUT2D eigenvalue weighted by atomic mass is 10.1. The van der Waals surface area contributed by atoms with Gasteiger partial charge in [-0.05, 0) is 35.5 Å². The SMILES string of the molecule is O=C(O)c1cccc(/C=C2\SC(=O)N(Cc3ccccc3[N+](=O)[O-])C2=O)c1. The van der Waals surface area contributed by atoms with E-state index in [4.69, 9.17) is 5.11 Å². The van der Waals surface area contributed by atoms with E-state index in [9.17, 15) is 24.5 Å². The Hall–Kier alpha value is -3.46. The summed E-state index contributed by atoms with van der Waals surface area (Å²) in [4.78, 5) is 47.4. The van der Waals surface area contributed by atoms with E-state index in [-0.39, 0.29) is 28.3 Å². The molecule has 27 heavy (non-hydrogen) atoms. The quantitative estimate of drug-likeness (QED) is 0.476. The molecule has 136 valence electrons. The molecule has 2 amide bonds. The maximum absolute atomic E-state index is 12.6. The fourth-order valence-corrected chi connectivity index (χ4v) is 3.38. The summed E-state index contributed by atoms with van der Waals surface area (Å²) in [6.45, 7) is -0.214. The van der Waals surface area contributed by atoms with Gasteiger partial charge in [-0.1, -0.05) is 30.3 Å². The number of nitrogens with zero attached hydrogens (tertiary/aromatic N) is 2. The minimum absolute atomic E-state index is 0.0582. The molecule has 0 saturated carbocycles. The van der Waals surface area contributed by atoms with Crippen molar-refractivity contribution in [3.63, 3.8) is 0 Å². The molecule has 2 aromatic carbocycles. The Labute approximate surface area is 157 Å². The fraction of sp³-hybridized carbons (Fsp3) is 0.0556. The predicted octanol–water partition coefficient (Wildman–Crippen LogP) is 3.53. The van der Waals surface area contributed by atoms with E-state index in [1.165, 1.54) is 42.5 Å². The molecule has 8 nitrogen and oxygen atoms in total. The molecular formula is C18H12N2O6S. The number of thioether (sulfide) groups is 1. The number of imide groups is 1. The van der Waals surface area contributed by atoms with Crippen molar-refractivity contribution in [1.29, 1.82) is 0 Å². The van der Waals surface area contributed by atoms with Gasteiger partial charge < -0.3 is 5.11 Å². The van der Waals surface area contributed by atoms with Gasteiger partial charge in [0.2, 0.25) is 0 Å². The Morgan fingerprint density at radius 3 is 2.63 bits per heavy atom. The van der Waals surface area contributed by atoms with Crippen LogP contribution in [0.3, 0.4) is 0 Å². The number of carbonyl (C=O) groups excluding carboxylic acids is 2. The second kappa shape index (κ2) is 7.42. The molecule has 1 aliphatic heterocycles. The molecule has 3 rings (SSSR count). The van der Waals surface area contributed by atoms with Crippen LogP contribution in [-0.2, 0) is 11.3 Å². The Kier molecular flexibility index (Phi) is 5.04. The maximum atomic E-state index is 12.6. The van der Waals surface area contributed by atoms with Crippen LogP contribution in [0.4, 0.5) is 10.5 Å². The summed E-state index contributed by atoms with van der Waals surface area (Å²) in [5.74, 6) is -1.68. The summed E-state index contributed by atoms with van der Waals surface area (Å²) < 4.78 is 0. The largest absolute Gasteiger partial charge is 0.478 e. The van der Waals surface area contributed by atoms with Gasteiger partial charge in [-0.3, -0.25) is 24.6 Å². The lowest BCUT2D eigenvalue weighted by Crippen LogP contribution is -2.27. The number of hydrogen-bond acceptors (Lipinski definition) is 6. The van der Waals surface area contributed by atoms with Gasteiger partial charge in [0.25, 0.3) is 16.8 Å². The van der Waals surface area contributed by atoms with E-state index in [0.29, 0.717) is 17.3 Å². The number of carboxylic acids is 1. The topological polar surface area (TPSA) is 118 Å². The minimum atomic E-state index is -1.10. The number of nitro groups is 1. The van der Waals surface area contributed by atoms with Crippen molar-refractivity contribution in [1.82, 2.24) is 4.90 Å². The van der Waals surface area contributed by atoms with Crippen LogP contribution in [0.1, 0.15) is 21.5 Å². The van der Waals surface area contributed by atoms with Crippen molar-refractivity contribution in [2.24, 2.45) is 0 Å². The third-order valence-corrected chi connectivity index (χ3v) is 4.73. The summed E-state index contributed by atoms with van der Waals surface area (Å²) >= 11 is 0.706. The number of benzene rings is 2. The fourth-order valence-electron chi connectivity index (χ4n) is 2.54. The zero-order valence-electron chi connectivity index (χ0n) is 13.7. The van der Waals surface area contributed by atoms with Crippen molar-refractivity contribution in [2.75, 3.05) is 0 Å². The summed E-state index contributed by atoms with van der Waals surface area (Å²) in [6, 6.07) is 11.8. The van der Waals surface area contributed by atoms with Crippen molar-refractivity contribution >= 4 is 40.6 Å². The second-order valence-electron chi connectivity index (χ2n) is 5.58. The zero-order chi connectivity index (χ0) is 19.6. The van der Waals surface area contributed by atoms with Gasteiger partial charge in [-0.2, -0.15) is 0 Å². The number of nitro benzene ring substituents is 1. The molecule has 1 fully saturated rings. The van der Waals surface area contributed by atoms with Crippen molar-refractivity contribution in [3.05, 3.63) is 80.2 Å². The van der Waals surface area contributed by atoms with Crippen LogP contribution in [0.2, 0.25) is 0 Å². The Balaban J connectivity index is 1.87. The molecule has 1 aliphatic rings. The van der Waals surface area contributed by atoms with Gasteiger partial charge in [-0.25, -0.2) is 4.79 Å². The van der Waals surface area contributed by atoms with Crippen LogP contribution in [0.25, 0.3) is 6.08 Å². The molecule has 0 radical (unpaired) electrons. The van der Waals surface area contributed by atoms with E-state index >= 15 is 0 Å². The summed E-state index contributed by atoms with van der Waals surface area (Å²) in [5, 5.41) is 19.6. The molecule has 1 saturated heterocycles. The Bertz CT molecular complexity index is 1000. The van der Waals surface area contributed by atoms with Crippen molar-refractivity contribution in [2.45, 2.75) is 6.54 Å². The molecule has 9 heteroatoms. The van der Waals surface area contributed by atoms with Gasteiger partial charge in [0.15, 0.2) is 0 Å². The Morgan fingerprint density at radius 1 is 1.19 bits per heavy atom. The number of amides is 2. The first-order valence-electron chi connectivity index (χ1n) is 7.68. The minimum Gasteiger partial charge on any atom is -0.478 e. The molecule has 1 heterocycles. The van der Waals surface area contributed by atoms with Crippen LogP contribution >= 0.6 is 11.8 Å². The highest BCUT2D eigenvalue weighted by Gasteiger charge is 2.36. The van der Waals surface area contributed by atoms with E-state index in [0.717, 1.165) is 4.90 Å². The number of hydrogen-bond donors (Lipinski definition) is 1. The highest BCUT2D eigenvalue weighted by molar-refractivity contribution is 8.18. The molecule has 1 N–H and O–H groups in total. The molecule has 0 aliphatic carbocycles. The number of aromatic carboxylic acids is 1. The average Bonchev–Trinajstić information content (AvgIpc) is 2.89. The average molecular weight is 384 g/mol. The van der Waals surface area contributed by atoms with Crippen LogP contribution < -0.4 is 0 Å². The standard InChI is InChI=1S/C18H12N2O6S/c21-16-15(9-11-4-3-6-12(8-11)17(22)23)27-18(24)19(16)10-13-5-1-2-7-14(13)20(25)26/h1-9H,10H2,(H,22,23)/b15-9-. The summed E-state index contributed by atoms with van der Waals surface area (Å²) in [5.41, 5.74) is 0.600. The van der Waals surface area contributed by atoms with E-state index in [1.807, 2.05) is 0 Å². The number of para-hydroxylation sites is 1. The van der Waals surface area contributed by atoms with Crippen LogP contribution in [-0.4, -0.2) is 32.0 Å². The highest BCUT2D eigenvalue weighted by atomic mass is 32.2. The van der Waals surface area contributed by atoms with Crippen LogP contribution in [0.15, 0.2) is 53.4 Å². The van der Waals surface area contributed by atoms with Gasteiger partial charge in [-0.15, -0.1) is 0 Å². The lowest BCUT2D eigenvalue weighted by Gasteiger charge is -2.12. The monoisotopic (exact) mass is 384 g/mol. The molecular weight excluding hydrogens is 372 g/mol. The zero-order valence-corrected chi connectivity index (χ0v) is 14.5. The molecule has 0 bridgehead atoms. The molecule has 0 aromatic heterocycles. The van der Waals surface area contributed by atoms with Crippen molar-refractivity contribution < 1.29 is 24.4 Å². The number of carbonyl (C=O) groups is 3. The first-order chi connectivity index (χ1) is 12.9. The molecule has 0 spiro atoms. The van der Waals surface area contributed by atoms with Gasteiger partial charge >= 0.3 is 5.97 Å². The van der Waals surface area contributed by atoms with E-state index in [1.54, 1.807) is 12.1 Å². The smallest absolute Gasteiger partial charge is 0.335 e. The lowest BCUT2D eigenvalue weighted by molar-refractivity contribution is -0.385. The number of carboxylic acid groups (broad SMARTS) is 1. The first kappa shape index (κ1) is 18.3.